The van der Waals surface area contributed by atoms with Crippen LogP contribution in [0.1, 0.15) is 49.3 Å². The van der Waals surface area contributed by atoms with Crippen LogP contribution >= 0.6 is 11.3 Å². The maximum atomic E-state index is 9.00. The average molecular weight is 765 g/mol. The second-order valence-corrected chi connectivity index (χ2v) is 12.4. The first-order chi connectivity index (χ1) is 22.2. The second kappa shape index (κ2) is 12.5. The van der Waals surface area contributed by atoms with Crippen LogP contribution in [0.5, 0.6) is 0 Å². The Kier molecular flexibility index (Phi) is 7.18. The molecule has 1 radical (unpaired) electrons. The quantitative estimate of drug-likeness (QED) is 0.168. The summed E-state index contributed by atoms with van der Waals surface area (Å²) >= 11 is 1.55. The van der Waals surface area contributed by atoms with Crippen molar-refractivity contribution in [1.29, 1.82) is 0 Å². The molecule has 0 aliphatic carbocycles. The fraction of sp³-hybridized carbons (Fsp3) is 0.216. The van der Waals surface area contributed by atoms with E-state index in [1.54, 1.807) is 29.7 Å². The Morgan fingerprint density at radius 2 is 1.81 bits per heavy atom. The van der Waals surface area contributed by atoms with Crippen molar-refractivity contribution in [3.05, 3.63) is 113 Å². The van der Waals surface area contributed by atoms with Gasteiger partial charge in [0.1, 0.15) is 0 Å². The van der Waals surface area contributed by atoms with Gasteiger partial charge in [0.05, 0.1) is 5.58 Å². The van der Waals surface area contributed by atoms with E-state index in [-0.39, 0.29) is 31.5 Å². The van der Waals surface area contributed by atoms with Gasteiger partial charge in [0.2, 0.25) is 5.71 Å². The van der Waals surface area contributed by atoms with Crippen molar-refractivity contribution in [3.8, 4) is 22.5 Å². The van der Waals surface area contributed by atoms with Crippen LogP contribution < -0.4 is 0 Å². The van der Waals surface area contributed by atoms with E-state index in [1.165, 1.54) is 11.6 Å². The number of aromatic nitrogens is 3. The van der Waals surface area contributed by atoms with Crippen molar-refractivity contribution < 1.29 is 31.4 Å². The Hall–Kier alpha value is -3.70. The van der Waals surface area contributed by atoms with Crippen LogP contribution in [0, 0.1) is 38.2 Å². The van der Waals surface area contributed by atoms with Crippen molar-refractivity contribution in [1.82, 2.24) is 15.0 Å². The molecular formula is C37H33IrN3OS-2. The van der Waals surface area contributed by atoms with Crippen LogP contribution in [-0.2, 0) is 26.5 Å². The first-order valence-corrected chi connectivity index (χ1v) is 14.5. The minimum atomic E-state index is -2.34. The zero-order valence-corrected chi connectivity index (χ0v) is 27.7. The number of thiophene rings is 1. The molecule has 0 fully saturated rings. The largest absolute Gasteiger partial charge is 0.486 e. The van der Waals surface area contributed by atoms with Gasteiger partial charge >= 0.3 is 0 Å². The van der Waals surface area contributed by atoms with E-state index >= 15 is 0 Å². The van der Waals surface area contributed by atoms with Crippen LogP contribution in [0.2, 0.25) is 0 Å². The summed E-state index contributed by atoms with van der Waals surface area (Å²) in [5.41, 5.74) is 5.09. The third-order valence-electron chi connectivity index (χ3n) is 6.71. The molecule has 0 bridgehead atoms. The molecule has 0 N–H and O–H groups in total. The number of furan rings is 1. The summed E-state index contributed by atoms with van der Waals surface area (Å²) in [6.45, 7) is 7.33. The first-order valence-electron chi connectivity index (χ1n) is 16.2. The molecule has 0 aliphatic rings. The minimum absolute atomic E-state index is 0. The van der Waals surface area contributed by atoms with Crippen LogP contribution in [0.15, 0.2) is 83.5 Å². The van der Waals surface area contributed by atoms with Gasteiger partial charge in [-0.05, 0) is 72.9 Å². The van der Waals surface area contributed by atoms with E-state index in [2.05, 4.69) is 33.2 Å². The molecule has 0 aliphatic heterocycles. The van der Waals surface area contributed by atoms with E-state index in [0.717, 1.165) is 31.6 Å². The monoisotopic (exact) mass is 765 g/mol. The number of fused-ring (bicyclic) bond motifs is 4. The minimum Gasteiger partial charge on any atom is -0.486 e. The molecule has 0 atom stereocenters. The van der Waals surface area contributed by atoms with Crippen molar-refractivity contribution in [3.63, 3.8) is 0 Å². The molecule has 5 heterocycles. The van der Waals surface area contributed by atoms with E-state index in [0.29, 0.717) is 27.8 Å². The summed E-state index contributed by atoms with van der Waals surface area (Å²) in [6, 6.07) is 27.1. The summed E-state index contributed by atoms with van der Waals surface area (Å²) in [5.74, 6) is 0. The summed E-state index contributed by atoms with van der Waals surface area (Å²) < 4.78 is 48.0. The van der Waals surface area contributed by atoms with Gasteiger partial charge in [-0.3, -0.25) is 0 Å². The molecule has 5 aromatic heterocycles. The van der Waals surface area contributed by atoms with Crippen LogP contribution in [0.4, 0.5) is 0 Å². The molecule has 7 rings (SSSR count). The number of benzene rings is 2. The van der Waals surface area contributed by atoms with Crippen LogP contribution in [0.3, 0.4) is 0 Å². The van der Waals surface area contributed by atoms with Gasteiger partial charge in [0, 0.05) is 65.7 Å². The number of aryl methyl sites for hydroxylation is 3. The normalized spacial score (nSPS) is 13.7. The van der Waals surface area contributed by atoms with Crippen LogP contribution in [-0.4, -0.2) is 15.0 Å². The van der Waals surface area contributed by atoms with Gasteiger partial charge in [-0.1, -0.05) is 43.9 Å². The van der Waals surface area contributed by atoms with Crippen LogP contribution in [0.25, 0.3) is 54.7 Å². The van der Waals surface area contributed by atoms with E-state index in [1.807, 2.05) is 83.3 Å². The maximum Gasteiger partial charge on any atom is 0.216 e. The molecule has 2 aromatic carbocycles. The zero-order valence-electron chi connectivity index (χ0n) is 29.5. The fourth-order valence-corrected chi connectivity index (χ4v) is 5.87. The first kappa shape index (κ1) is 24.7. The summed E-state index contributed by atoms with van der Waals surface area (Å²) in [7, 11) is 0. The Balaban J connectivity index is 0.000000270. The molecule has 0 amide bonds. The van der Waals surface area contributed by atoms with E-state index < -0.39 is 18.6 Å². The average Bonchev–Trinajstić information content (AvgIpc) is 3.58. The molecule has 219 valence electrons. The van der Waals surface area contributed by atoms with E-state index in [9.17, 15) is 0 Å². The van der Waals surface area contributed by atoms with Gasteiger partial charge in [-0.15, -0.1) is 65.4 Å². The maximum absolute atomic E-state index is 9.00. The molecular weight excluding hydrogens is 727 g/mol. The zero-order chi connectivity index (χ0) is 33.7. The fourth-order valence-electron chi connectivity index (χ4n) is 4.86. The van der Waals surface area contributed by atoms with Gasteiger partial charge in [0.25, 0.3) is 0 Å². The molecule has 0 unspecified atom stereocenters. The molecule has 43 heavy (non-hydrogen) atoms. The van der Waals surface area contributed by atoms with Gasteiger partial charge < -0.3 is 14.4 Å². The number of rotatable bonds is 3. The molecule has 6 heteroatoms. The summed E-state index contributed by atoms with van der Waals surface area (Å²) in [6.07, 6.45) is 1.98. The second-order valence-electron chi connectivity index (χ2n) is 11.2. The number of pyridine rings is 3. The van der Waals surface area contributed by atoms with Crippen molar-refractivity contribution in [2.45, 2.75) is 47.8 Å². The van der Waals surface area contributed by atoms with Crippen molar-refractivity contribution in [2.75, 3.05) is 0 Å². The summed E-state index contributed by atoms with van der Waals surface area (Å²) in [4.78, 5) is 14.1. The van der Waals surface area contributed by atoms with E-state index in [4.69, 9.17) is 11.3 Å². The number of nitrogens with zero attached hydrogens (tertiary/aromatic N) is 3. The number of hydrogen-bond acceptors (Lipinski definition) is 5. The predicted octanol–water partition coefficient (Wildman–Crippen LogP) is 10.1. The Labute approximate surface area is 277 Å². The van der Waals surface area contributed by atoms with Crippen molar-refractivity contribution >= 4 is 43.5 Å². The topological polar surface area (TPSA) is 51.8 Å². The van der Waals surface area contributed by atoms with Gasteiger partial charge in [-0.2, -0.15) is 0 Å². The predicted molar refractivity (Wildman–Crippen MR) is 175 cm³/mol. The molecule has 0 saturated carbocycles. The third kappa shape index (κ3) is 6.47. The van der Waals surface area contributed by atoms with Crippen molar-refractivity contribution in [2.24, 2.45) is 5.41 Å². The molecule has 7 aromatic rings. The SMILES string of the molecule is Cc1ccc(-c2[c-]cccc2)nc1.[2H]C([2H])([2H])c1ccc2c(n1)oc1c(-c3nccc4sc(C)c(C([2H])([2H])C(C)(C)C)c34)[c-]ccc12.[Ir]. The Bertz CT molecular complexity index is 2220. The van der Waals surface area contributed by atoms with Gasteiger partial charge in [0.15, 0.2) is 0 Å². The number of hydrogen-bond donors (Lipinski definition) is 0. The van der Waals surface area contributed by atoms with Gasteiger partial charge in [-0.25, -0.2) is 4.98 Å². The third-order valence-corrected chi connectivity index (χ3v) is 7.78. The Morgan fingerprint density at radius 1 is 0.953 bits per heavy atom. The summed E-state index contributed by atoms with van der Waals surface area (Å²) in [5, 5.41) is 2.24. The molecule has 4 nitrogen and oxygen atoms in total. The molecule has 0 saturated heterocycles. The Morgan fingerprint density at radius 3 is 2.53 bits per heavy atom. The molecule has 0 spiro atoms. The smallest absolute Gasteiger partial charge is 0.216 e. The standard InChI is InChI=1S/C25H23N2OS.C12H10N.Ir/c1-14-9-10-17-16-7-6-8-18(23(16)28-24(17)27-14)22-21-19(13-25(3,4)5)15(2)29-20(21)11-12-26-22;1-10-7-8-12(13-9-10)11-5-3-2-4-6-11;/h6-7,9-12H,13H2,1-5H3;2-5,7-9H,1H3;/q2*-1;/i1D3,13D2;;.